The zero-order chi connectivity index (χ0) is 22.8. The van der Waals surface area contributed by atoms with Crippen molar-refractivity contribution in [2.45, 2.75) is 39.7 Å². The molecule has 1 aliphatic rings. The van der Waals surface area contributed by atoms with Crippen molar-refractivity contribution in [1.82, 2.24) is 4.57 Å². The summed E-state index contributed by atoms with van der Waals surface area (Å²) in [5.74, 6) is 0.00524. The molecule has 1 atom stereocenters. The minimum atomic E-state index is -0.572. The number of aromatic nitrogens is 1. The van der Waals surface area contributed by atoms with Gasteiger partial charge in [0.2, 0.25) is 0 Å². The first kappa shape index (κ1) is 22.0. The van der Waals surface area contributed by atoms with Crippen LogP contribution in [0.15, 0.2) is 75.7 Å². The highest BCUT2D eigenvalue weighted by Gasteiger charge is 2.33. The van der Waals surface area contributed by atoms with E-state index in [1.165, 1.54) is 16.9 Å². The fourth-order valence-electron chi connectivity index (χ4n) is 3.87. The standard InChI is InChI=1S/C26H26N2O3S/c1-5-31-25(30)22-17(4)27-26-28(23(22)20-9-7-6-8-10-20)24(29)21(32-26)15-18-11-13-19(14-12-18)16(2)3/h6-16,23H,5H2,1-4H3/b21-15-/t23-/m1/s1. The van der Waals surface area contributed by atoms with Gasteiger partial charge in [0.1, 0.15) is 0 Å². The van der Waals surface area contributed by atoms with Crippen molar-refractivity contribution in [3.8, 4) is 0 Å². The van der Waals surface area contributed by atoms with E-state index in [9.17, 15) is 9.59 Å². The monoisotopic (exact) mass is 446 g/mol. The molecule has 0 saturated carbocycles. The number of thiazole rings is 1. The smallest absolute Gasteiger partial charge is 0.338 e. The minimum absolute atomic E-state index is 0.162. The van der Waals surface area contributed by atoms with Crippen LogP contribution < -0.4 is 14.9 Å². The van der Waals surface area contributed by atoms with Crippen LogP contribution in [0.5, 0.6) is 0 Å². The highest BCUT2D eigenvalue weighted by Crippen LogP contribution is 2.30. The number of nitrogens with zero attached hydrogens (tertiary/aromatic N) is 2. The summed E-state index contributed by atoms with van der Waals surface area (Å²) in [6, 6.07) is 17.2. The first-order valence-electron chi connectivity index (χ1n) is 10.7. The Morgan fingerprint density at radius 1 is 1.16 bits per heavy atom. The van der Waals surface area contributed by atoms with Gasteiger partial charge in [0, 0.05) is 0 Å². The Morgan fingerprint density at radius 2 is 1.84 bits per heavy atom. The van der Waals surface area contributed by atoms with Gasteiger partial charge >= 0.3 is 5.97 Å². The molecular weight excluding hydrogens is 420 g/mol. The molecule has 0 N–H and O–H groups in total. The summed E-state index contributed by atoms with van der Waals surface area (Å²) >= 11 is 1.34. The van der Waals surface area contributed by atoms with Crippen molar-refractivity contribution in [1.29, 1.82) is 0 Å². The summed E-state index contributed by atoms with van der Waals surface area (Å²) in [4.78, 5) is 31.5. The second-order valence-electron chi connectivity index (χ2n) is 8.03. The highest BCUT2D eigenvalue weighted by atomic mass is 32.1. The van der Waals surface area contributed by atoms with Gasteiger partial charge in [-0.25, -0.2) is 9.79 Å². The lowest BCUT2D eigenvalue weighted by atomic mass is 9.96. The molecule has 2 heterocycles. The summed E-state index contributed by atoms with van der Waals surface area (Å²) in [5.41, 5.74) is 3.87. The van der Waals surface area contributed by atoms with Crippen molar-refractivity contribution in [3.05, 3.63) is 102 Å². The lowest BCUT2D eigenvalue weighted by molar-refractivity contribution is -0.139. The fourth-order valence-corrected chi connectivity index (χ4v) is 4.92. The Kier molecular flexibility index (Phi) is 6.24. The predicted octanol–water partition coefficient (Wildman–Crippen LogP) is 3.92. The number of hydrogen-bond acceptors (Lipinski definition) is 5. The molecule has 0 unspecified atom stereocenters. The molecule has 3 aromatic rings. The number of carbonyl (C=O) groups is 1. The van der Waals surface area contributed by atoms with Crippen LogP contribution >= 0.6 is 11.3 Å². The maximum absolute atomic E-state index is 13.5. The van der Waals surface area contributed by atoms with Crippen LogP contribution in [0.4, 0.5) is 0 Å². The van der Waals surface area contributed by atoms with E-state index in [-0.39, 0.29) is 12.2 Å². The van der Waals surface area contributed by atoms with E-state index in [4.69, 9.17) is 4.74 Å². The number of esters is 1. The molecule has 0 spiro atoms. The first-order chi connectivity index (χ1) is 15.4. The molecule has 1 aromatic heterocycles. The van der Waals surface area contributed by atoms with Crippen LogP contribution in [0, 0.1) is 0 Å². The number of fused-ring (bicyclic) bond motifs is 1. The van der Waals surface area contributed by atoms with Gasteiger partial charge in [0.15, 0.2) is 4.80 Å². The van der Waals surface area contributed by atoms with Gasteiger partial charge < -0.3 is 4.74 Å². The van der Waals surface area contributed by atoms with Gasteiger partial charge in [-0.15, -0.1) is 0 Å². The van der Waals surface area contributed by atoms with Crippen LogP contribution in [0.25, 0.3) is 6.08 Å². The molecule has 0 saturated heterocycles. The summed E-state index contributed by atoms with van der Waals surface area (Å²) in [6.07, 6.45) is 1.89. The van der Waals surface area contributed by atoms with Gasteiger partial charge in [-0.3, -0.25) is 9.36 Å². The SMILES string of the molecule is CCOC(=O)C1=C(C)N=c2s/c(=C\c3ccc(C(C)C)cc3)c(=O)n2[C@@H]1c1ccccc1. The van der Waals surface area contributed by atoms with E-state index >= 15 is 0 Å². The molecule has 4 rings (SSSR count). The lowest BCUT2D eigenvalue weighted by Gasteiger charge is -2.24. The van der Waals surface area contributed by atoms with Gasteiger partial charge in [-0.05, 0) is 42.5 Å². The third-order valence-corrected chi connectivity index (χ3v) is 6.52. The average Bonchev–Trinajstić information content (AvgIpc) is 3.08. The maximum atomic E-state index is 13.5. The Labute approximate surface area is 191 Å². The predicted molar refractivity (Wildman–Crippen MR) is 127 cm³/mol. The van der Waals surface area contributed by atoms with E-state index in [0.29, 0.717) is 26.5 Å². The van der Waals surface area contributed by atoms with E-state index in [1.807, 2.05) is 48.5 Å². The van der Waals surface area contributed by atoms with Gasteiger partial charge in [-0.1, -0.05) is 79.8 Å². The number of rotatable bonds is 5. The van der Waals surface area contributed by atoms with Gasteiger partial charge in [-0.2, -0.15) is 0 Å². The van der Waals surface area contributed by atoms with Crippen molar-refractivity contribution in [2.24, 2.45) is 4.99 Å². The summed E-state index contributed by atoms with van der Waals surface area (Å²) < 4.78 is 7.52. The average molecular weight is 447 g/mol. The zero-order valence-electron chi connectivity index (χ0n) is 18.7. The molecule has 164 valence electrons. The van der Waals surface area contributed by atoms with Crippen molar-refractivity contribution < 1.29 is 9.53 Å². The van der Waals surface area contributed by atoms with Crippen LogP contribution in [0.2, 0.25) is 0 Å². The number of carbonyl (C=O) groups excluding carboxylic acids is 1. The molecule has 0 radical (unpaired) electrons. The largest absolute Gasteiger partial charge is 0.463 e. The first-order valence-corrected chi connectivity index (χ1v) is 11.6. The maximum Gasteiger partial charge on any atom is 0.338 e. The summed E-state index contributed by atoms with van der Waals surface area (Å²) in [7, 11) is 0. The quantitative estimate of drug-likeness (QED) is 0.558. The van der Waals surface area contributed by atoms with Crippen LogP contribution in [0.3, 0.4) is 0 Å². The van der Waals surface area contributed by atoms with Crippen molar-refractivity contribution >= 4 is 23.4 Å². The van der Waals surface area contributed by atoms with E-state index in [0.717, 1.165) is 11.1 Å². The molecular formula is C26H26N2O3S. The van der Waals surface area contributed by atoms with Crippen LogP contribution in [-0.4, -0.2) is 17.1 Å². The number of ether oxygens (including phenoxy) is 1. The minimum Gasteiger partial charge on any atom is -0.463 e. The Balaban J connectivity index is 1.89. The van der Waals surface area contributed by atoms with E-state index in [1.54, 1.807) is 18.4 Å². The zero-order valence-corrected chi connectivity index (χ0v) is 19.5. The summed E-state index contributed by atoms with van der Waals surface area (Å²) in [6.45, 7) is 8.13. The molecule has 0 aliphatic carbocycles. The number of hydrogen-bond donors (Lipinski definition) is 0. The van der Waals surface area contributed by atoms with E-state index < -0.39 is 12.0 Å². The number of benzene rings is 2. The van der Waals surface area contributed by atoms with Gasteiger partial charge in [0.25, 0.3) is 5.56 Å². The van der Waals surface area contributed by atoms with Crippen molar-refractivity contribution in [2.75, 3.05) is 6.61 Å². The molecule has 32 heavy (non-hydrogen) atoms. The number of allylic oxidation sites excluding steroid dienone is 1. The Hall–Kier alpha value is -3.25. The third-order valence-electron chi connectivity index (χ3n) is 5.53. The Bertz CT molecular complexity index is 1350. The lowest BCUT2D eigenvalue weighted by Crippen LogP contribution is -2.39. The van der Waals surface area contributed by atoms with Crippen LogP contribution in [-0.2, 0) is 9.53 Å². The normalized spacial score (nSPS) is 16.2. The van der Waals surface area contributed by atoms with Gasteiger partial charge in [0.05, 0.1) is 28.5 Å². The molecule has 0 amide bonds. The van der Waals surface area contributed by atoms with E-state index in [2.05, 4.69) is 31.0 Å². The molecule has 0 fully saturated rings. The Morgan fingerprint density at radius 3 is 2.47 bits per heavy atom. The van der Waals surface area contributed by atoms with Crippen molar-refractivity contribution in [3.63, 3.8) is 0 Å². The molecule has 6 heteroatoms. The summed E-state index contributed by atoms with van der Waals surface area (Å²) in [5, 5.41) is 0. The third kappa shape index (κ3) is 4.10. The molecule has 5 nitrogen and oxygen atoms in total. The molecule has 1 aliphatic heterocycles. The second-order valence-corrected chi connectivity index (χ2v) is 9.04. The fraction of sp³-hybridized carbons (Fsp3) is 0.269. The molecule has 0 bridgehead atoms. The molecule has 2 aromatic carbocycles. The topological polar surface area (TPSA) is 60.7 Å². The second kappa shape index (κ2) is 9.09. The highest BCUT2D eigenvalue weighted by molar-refractivity contribution is 7.07. The van der Waals surface area contributed by atoms with Crippen LogP contribution in [0.1, 0.15) is 56.3 Å².